The van der Waals surface area contributed by atoms with Crippen LogP contribution in [0.15, 0.2) is 95.4 Å². The van der Waals surface area contributed by atoms with Crippen LogP contribution in [0.5, 0.6) is 17.2 Å². The lowest BCUT2D eigenvalue weighted by atomic mass is 10.2. The lowest BCUT2D eigenvalue weighted by Crippen LogP contribution is -2.28. The van der Waals surface area contributed by atoms with Crippen LogP contribution in [-0.2, 0) is 6.54 Å². The van der Waals surface area contributed by atoms with Crippen molar-refractivity contribution >= 4 is 44.3 Å². The van der Waals surface area contributed by atoms with Crippen LogP contribution in [0.25, 0.3) is 27.1 Å². The monoisotopic (exact) mass is 650 g/mol. The molecular weight excluding hydrogens is 626 g/mol. The van der Waals surface area contributed by atoms with Gasteiger partial charge in [-0.15, -0.1) is 11.3 Å². The van der Waals surface area contributed by atoms with Gasteiger partial charge < -0.3 is 14.8 Å². The molecule has 0 aliphatic rings. The number of halogens is 2. The Balaban J connectivity index is 1.14. The van der Waals surface area contributed by atoms with E-state index in [0.717, 1.165) is 17.4 Å². The summed E-state index contributed by atoms with van der Waals surface area (Å²) in [4.78, 5) is 36.0. The van der Waals surface area contributed by atoms with Crippen LogP contribution in [0.1, 0.15) is 21.6 Å². The number of aryl methyl sites for hydroxylation is 1. The molecule has 1 amide bonds. The zero-order valence-electron chi connectivity index (χ0n) is 24.9. The highest BCUT2D eigenvalue weighted by atomic mass is 32.1. The van der Waals surface area contributed by atoms with Crippen molar-refractivity contribution in [2.75, 3.05) is 12.4 Å². The molecule has 1 N–H and O–H groups in total. The van der Waals surface area contributed by atoms with E-state index in [2.05, 4.69) is 20.4 Å². The number of fused-ring (bicyclic) bond motifs is 2. The van der Waals surface area contributed by atoms with Gasteiger partial charge in [-0.1, -0.05) is 12.1 Å². The van der Waals surface area contributed by atoms with Crippen molar-refractivity contribution in [1.29, 1.82) is 0 Å². The molecule has 0 unspecified atom stereocenters. The summed E-state index contributed by atoms with van der Waals surface area (Å²) < 4.78 is 43.2. The fraction of sp³-hybridized carbons (Fsp3) is 0.0882. The number of carbonyl (C=O) groups is 1. The molecule has 7 aromatic rings. The van der Waals surface area contributed by atoms with Gasteiger partial charge >= 0.3 is 0 Å². The van der Waals surface area contributed by atoms with E-state index in [-0.39, 0.29) is 17.0 Å². The van der Waals surface area contributed by atoms with E-state index in [1.807, 2.05) is 31.2 Å². The van der Waals surface area contributed by atoms with Gasteiger partial charge in [-0.3, -0.25) is 14.2 Å². The minimum absolute atomic E-state index is 0.0830. The van der Waals surface area contributed by atoms with E-state index < -0.39 is 23.1 Å². The number of anilines is 1. The van der Waals surface area contributed by atoms with Crippen LogP contribution in [0, 0.1) is 18.6 Å². The number of aromatic nitrogens is 5. The third kappa shape index (κ3) is 5.68. The molecule has 0 aliphatic carbocycles. The zero-order valence-corrected chi connectivity index (χ0v) is 25.7. The van der Waals surface area contributed by atoms with Crippen LogP contribution >= 0.6 is 11.3 Å². The fourth-order valence-electron chi connectivity index (χ4n) is 5.24. The van der Waals surface area contributed by atoms with Gasteiger partial charge in [0.05, 0.1) is 41.4 Å². The van der Waals surface area contributed by atoms with E-state index in [1.165, 1.54) is 58.4 Å². The molecule has 4 heterocycles. The number of nitrogens with zero attached hydrogens (tertiary/aromatic N) is 5. The summed E-state index contributed by atoms with van der Waals surface area (Å²) in [6, 6.07) is 19.9. The maximum Gasteiger partial charge on any atom is 0.269 e. The zero-order chi connectivity index (χ0) is 32.7. The fourth-order valence-corrected chi connectivity index (χ4v) is 6.03. The maximum atomic E-state index is 15.4. The second kappa shape index (κ2) is 12.1. The minimum atomic E-state index is -0.760. The number of nitrogens with one attached hydrogen (secondary N) is 1. The molecule has 7 rings (SSSR count). The minimum Gasteiger partial charge on any atom is -0.497 e. The van der Waals surface area contributed by atoms with E-state index in [0.29, 0.717) is 45.1 Å². The van der Waals surface area contributed by atoms with Crippen LogP contribution < -0.4 is 20.3 Å². The second-order valence-electron chi connectivity index (χ2n) is 10.5. The van der Waals surface area contributed by atoms with Crippen LogP contribution in [-0.4, -0.2) is 37.3 Å². The van der Waals surface area contributed by atoms with Gasteiger partial charge in [0.2, 0.25) is 0 Å². The Kier molecular flexibility index (Phi) is 7.66. The first-order chi connectivity index (χ1) is 22.8. The molecule has 0 radical (unpaired) electrons. The van der Waals surface area contributed by atoms with Crippen molar-refractivity contribution in [3.8, 4) is 22.9 Å². The number of ether oxygens (including phenoxy) is 2. The van der Waals surface area contributed by atoms with Gasteiger partial charge in [-0.2, -0.15) is 5.10 Å². The molecule has 4 aromatic heterocycles. The third-order valence-electron chi connectivity index (χ3n) is 7.49. The maximum absolute atomic E-state index is 15.4. The molecule has 47 heavy (non-hydrogen) atoms. The number of carbonyl (C=O) groups excluding carboxylic acids is 1. The lowest BCUT2D eigenvalue weighted by molar-refractivity contribution is 0.102. The molecule has 234 valence electrons. The highest BCUT2D eigenvalue weighted by Gasteiger charge is 2.20. The van der Waals surface area contributed by atoms with E-state index in [9.17, 15) is 14.0 Å². The lowest BCUT2D eigenvalue weighted by Gasteiger charge is -2.12. The van der Waals surface area contributed by atoms with Crippen molar-refractivity contribution in [3.63, 3.8) is 0 Å². The SMILES string of the molecule is COc1ccc(Cn2nc(C)c3c(Oc4ccc(NC(=O)c5cc6ncsc6n(-c6ccc(F)cc6)c5=O)cc4F)ccnc32)cc1. The third-order valence-corrected chi connectivity index (χ3v) is 8.32. The summed E-state index contributed by atoms with van der Waals surface area (Å²) in [5.74, 6) is -0.935. The number of hydrogen-bond acceptors (Lipinski definition) is 8. The first kappa shape index (κ1) is 29.7. The number of amides is 1. The van der Waals surface area contributed by atoms with Crippen LogP contribution in [0.3, 0.4) is 0 Å². The Morgan fingerprint density at radius 3 is 2.49 bits per heavy atom. The molecule has 0 saturated carbocycles. The quantitative estimate of drug-likeness (QED) is 0.191. The summed E-state index contributed by atoms with van der Waals surface area (Å²) in [5, 5.41) is 7.85. The number of hydrogen-bond donors (Lipinski definition) is 1. The average Bonchev–Trinajstić information content (AvgIpc) is 3.67. The van der Waals surface area contributed by atoms with E-state index in [1.54, 1.807) is 29.6 Å². The number of methoxy groups -OCH3 is 1. The number of thiazole rings is 1. The summed E-state index contributed by atoms with van der Waals surface area (Å²) in [5.41, 5.74) is 3.81. The van der Waals surface area contributed by atoms with E-state index >= 15 is 4.39 Å². The molecule has 0 spiro atoms. The topological polar surface area (TPSA) is 113 Å². The Bertz CT molecular complexity index is 2350. The predicted octanol–water partition coefficient (Wildman–Crippen LogP) is 6.88. The number of benzene rings is 3. The Morgan fingerprint density at radius 1 is 0.957 bits per heavy atom. The average molecular weight is 651 g/mol. The van der Waals surface area contributed by atoms with Crippen LogP contribution in [0.2, 0.25) is 0 Å². The molecule has 0 saturated heterocycles. The molecule has 3 aromatic carbocycles. The summed E-state index contributed by atoms with van der Waals surface area (Å²) in [6.07, 6.45) is 1.56. The largest absolute Gasteiger partial charge is 0.497 e. The highest BCUT2D eigenvalue weighted by molar-refractivity contribution is 7.16. The predicted molar refractivity (Wildman–Crippen MR) is 174 cm³/mol. The summed E-state index contributed by atoms with van der Waals surface area (Å²) >= 11 is 1.21. The standard InChI is InChI=1S/C34H24F2N6O4S/c1-19-30-29(13-14-37-31(30)41(40-19)17-20-3-10-24(45-2)11-4-20)46-28-12-7-22(15-26(28)36)39-32(43)25-16-27-34(47-18-38-27)42(33(25)44)23-8-5-21(35)6-9-23/h3-16,18H,17H2,1-2H3,(H,39,43). The Morgan fingerprint density at radius 2 is 1.74 bits per heavy atom. The van der Waals surface area contributed by atoms with Gasteiger partial charge in [0.15, 0.2) is 17.2 Å². The smallest absolute Gasteiger partial charge is 0.269 e. The highest BCUT2D eigenvalue weighted by Crippen LogP contribution is 2.33. The van der Waals surface area contributed by atoms with Crippen LogP contribution in [0.4, 0.5) is 14.5 Å². The van der Waals surface area contributed by atoms with Crippen molar-refractivity contribution in [3.05, 3.63) is 129 Å². The van der Waals surface area contributed by atoms with E-state index in [4.69, 9.17) is 9.47 Å². The molecule has 0 bridgehead atoms. The van der Waals surface area contributed by atoms with Gasteiger partial charge in [-0.25, -0.2) is 23.4 Å². The number of pyridine rings is 2. The Labute approximate surface area is 269 Å². The first-order valence-electron chi connectivity index (χ1n) is 14.3. The summed E-state index contributed by atoms with van der Waals surface area (Å²) in [7, 11) is 1.61. The molecule has 0 aliphatic heterocycles. The van der Waals surface area contributed by atoms with Gasteiger partial charge in [-0.05, 0) is 73.2 Å². The number of rotatable bonds is 8. The van der Waals surface area contributed by atoms with Gasteiger partial charge in [0, 0.05) is 18.0 Å². The van der Waals surface area contributed by atoms with Crippen molar-refractivity contribution in [2.45, 2.75) is 13.5 Å². The molecule has 10 nitrogen and oxygen atoms in total. The van der Waals surface area contributed by atoms with Crippen molar-refractivity contribution in [1.82, 2.24) is 24.3 Å². The molecule has 0 atom stereocenters. The first-order valence-corrected chi connectivity index (χ1v) is 15.2. The van der Waals surface area contributed by atoms with Crippen molar-refractivity contribution < 1.29 is 23.0 Å². The molecular formula is C34H24F2N6O4S. The Hall–Kier alpha value is -5.95. The van der Waals surface area contributed by atoms with Gasteiger partial charge in [0.25, 0.3) is 11.5 Å². The van der Waals surface area contributed by atoms with Crippen molar-refractivity contribution in [2.24, 2.45) is 0 Å². The molecule has 13 heteroatoms. The van der Waals surface area contributed by atoms with Gasteiger partial charge in [0.1, 0.15) is 27.7 Å². The second-order valence-corrected chi connectivity index (χ2v) is 11.4. The summed E-state index contributed by atoms with van der Waals surface area (Å²) in [6.45, 7) is 2.28. The normalized spacial score (nSPS) is 11.2. The molecule has 0 fully saturated rings.